The first kappa shape index (κ1) is 19.6. The minimum absolute atomic E-state index is 0.0206. The Bertz CT molecular complexity index is 1220. The van der Waals surface area contributed by atoms with Crippen LogP contribution in [0, 0.1) is 5.92 Å². The number of fused-ring (bicyclic) bond motifs is 1. The molecule has 1 aromatic heterocycles. The van der Waals surface area contributed by atoms with Crippen molar-refractivity contribution in [3.63, 3.8) is 0 Å². The van der Waals surface area contributed by atoms with Crippen molar-refractivity contribution in [3.05, 3.63) is 114 Å². The van der Waals surface area contributed by atoms with Crippen molar-refractivity contribution in [3.8, 4) is 5.75 Å². The molecule has 32 heavy (non-hydrogen) atoms. The lowest BCUT2D eigenvalue weighted by Crippen LogP contribution is -2.28. The third-order valence-electron chi connectivity index (χ3n) is 5.21. The van der Waals surface area contributed by atoms with Crippen molar-refractivity contribution in [1.82, 2.24) is 5.43 Å². The van der Waals surface area contributed by atoms with Crippen LogP contribution in [0.3, 0.4) is 0 Å². The van der Waals surface area contributed by atoms with E-state index in [0.717, 1.165) is 17.2 Å². The van der Waals surface area contributed by atoms with Crippen molar-refractivity contribution in [2.45, 2.75) is 6.04 Å². The molecule has 2 aromatic carbocycles. The first-order valence-electron chi connectivity index (χ1n) is 10.3. The van der Waals surface area contributed by atoms with Crippen LogP contribution < -0.4 is 15.5 Å². The molecule has 6 heteroatoms. The molecule has 1 aliphatic heterocycles. The third-order valence-corrected chi connectivity index (χ3v) is 5.21. The topological polar surface area (TPSA) is 75.9 Å². The number of anilines is 1. The van der Waals surface area contributed by atoms with Crippen LogP contribution in [0.1, 0.15) is 16.1 Å². The molecular formula is C26H21N3O3. The number of hydrogen-bond acceptors (Lipinski definition) is 5. The highest BCUT2D eigenvalue weighted by molar-refractivity contribution is 6.04. The van der Waals surface area contributed by atoms with Crippen molar-refractivity contribution >= 4 is 23.4 Å². The van der Waals surface area contributed by atoms with Crippen molar-refractivity contribution in [2.24, 2.45) is 11.0 Å². The number of amides is 1. The molecule has 0 radical (unpaired) electrons. The number of allylic oxidation sites excluding steroid dienone is 2. The molecule has 0 saturated heterocycles. The number of hydrogen-bond donors (Lipinski definition) is 2. The number of nitrogens with one attached hydrogen (secondary N) is 2. The van der Waals surface area contributed by atoms with Gasteiger partial charge in [0.2, 0.25) is 0 Å². The zero-order chi connectivity index (χ0) is 21.8. The van der Waals surface area contributed by atoms with Gasteiger partial charge in [-0.2, -0.15) is 5.10 Å². The SMILES string of the molecule is O=C(Nc1cccc(OC2=CC3NN=C(/C=C/c4ccco4)C3C=C2)c1)c1ccccc1. The molecule has 2 atom stereocenters. The molecule has 1 amide bonds. The highest BCUT2D eigenvalue weighted by Crippen LogP contribution is 2.27. The van der Waals surface area contributed by atoms with E-state index in [4.69, 9.17) is 9.15 Å². The van der Waals surface area contributed by atoms with Gasteiger partial charge in [-0.15, -0.1) is 0 Å². The average molecular weight is 423 g/mol. The lowest BCUT2D eigenvalue weighted by atomic mass is 9.91. The maximum absolute atomic E-state index is 12.4. The summed E-state index contributed by atoms with van der Waals surface area (Å²) in [5.74, 6) is 2.11. The molecule has 1 aliphatic carbocycles. The Morgan fingerprint density at radius 1 is 1.06 bits per heavy atom. The molecule has 158 valence electrons. The van der Waals surface area contributed by atoms with Crippen LogP contribution in [0.2, 0.25) is 0 Å². The van der Waals surface area contributed by atoms with Gasteiger partial charge >= 0.3 is 0 Å². The third kappa shape index (κ3) is 4.39. The van der Waals surface area contributed by atoms with Gasteiger partial charge in [0, 0.05) is 23.2 Å². The van der Waals surface area contributed by atoms with Crippen LogP contribution in [0.25, 0.3) is 6.08 Å². The largest absolute Gasteiger partial charge is 0.465 e. The summed E-state index contributed by atoms with van der Waals surface area (Å²) in [6.45, 7) is 0. The Morgan fingerprint density at radius 3 is 2.81 bits per heavy atom. The predicted octanol–water partition coefficient (Wildman–Crippen LogP) is 5.02. The Hall–Kier alpha value is -4.32. The number of rotatable bonds is 6. The lowest BCUT2D eigenvalue weighted by molar-refractivity contribution is 0.102. The predicted molar refractivity (Wildman–Crippen MR) is 124 cm³/mol. The summed E-state index contributed by atoms with van der Waals surface area (Å²) in [6, 6.07) is 20.2. The zero-order valence-corrected chi connectivity index (χ0v) is 17.1. The van der Waals surface area contributed by atoms with Gasteiger partial charge < -0.3 is 19.9 Å². The van der Waals surface area contributed by atoms with Gasteiger partial charge in [-0.1, -0.05) is 30.3 Å². The fourth-order valence-electron chi connectivity index (χ4n) is 3.61. The maximum atomic E-state index is 12.4. The maximum Gasteiger partial charge on any atom is 0.255 e. The van der Waals surface area contributed by atoms with Crippen molar-refractivity contribution in [1.29, 1.82) is 0 Å². The Morgan fingerprint density at radius 2 is 1.97 bits per heavy atom. The first-order chi connectivity index (χ1) is 15.7. The Labute approximate surface area is 185 Å². The molecule has 3 aromatic rings. The van der Waals surface area contributed by atoms with Gasteiger partial charge in [-0.05, 0) is 60.7 Å². The van der Waals surface area contributed by atoms with Crippen LogP contribution in [0.15, 0.2) is 113 Å². The summed E-state index contributed by atoms with van der Waals surface area (Å²) >= 11 is 0. The van der Waals surface area contributed by atoms with E-state index in [-0.39, 0.29) is 17.9 Å². The van der Waals surface area contributed by atoms with E-state index < -0.39 is 0 Å². The molecule has 5 rings (SSSR count). The summed E-state index contributed by atoms with van der Waals surface area (Å²) in [7, 11) is 0. The molecule has 2 aliphatic rings. The molecule has 6 nitrogen and oxygen atoms in total. The second kappa shape index (κ2) is 8.81. The van der Waals surface area contributed by atoms with Crippen LogP contribution in [0.5, 0.6) is 5.75 Å². The van der Waals surface area contributed by atoms with Crippen LogP contribution in [-0.2, 0) is 0 Å². The number of ether oxygens (including phenoxy) is 1. The summed E-state index contributed by atoms with van der Waals surface area (Å²) in [4.78, 5) is 12.4. The van der Waals surface area contributed by atoms with E-state index in [9.17, 15) is 4.79 Å². The molecular weight excluding hydrogens is 402 g/mol. The monoisotopic (exact) mass is 423 g/mol. The van der Waals surface area contributed by atoms with E-state index in [0.29, 0.717) is 17.0 Å². The Balaban J connectivity index is 1.22. The van der Waals surface area contributed by atoms with E-state index in [2.05, 4.69) is 21.9 Å². The number of carbonyl (C=O) groups excluding carboxylic acids is 1. The second-order valence-corrected chi connectivity index (χ2v) is 7.44. The van der Waals surface area contributed by atoms with Gasteiger partial charge in [0.15, 0.2) is 0 Å². The summed E-state index contributed by atoms with van der Waals surface area (Å²) in [5.41, 5.74) is 5.36. The quantitative estimate of drug-likeness (QED) is 0.584. The second-order valence-electron chi connectivity index (χ2n) is 7.44. The van der Waals surface area contributed by atoms with Crippen LogP contribution in [0.4, 0.5) is 5.69 Å². The van der Waals surface area contributed by atoms with E-state index >= 15 is 0 Å². The fourth-order valence-corrected chi connectivity index (χ4v) is 3.61. The fraction of sp³-hybridized carbons (Fsp3) is 0.0769. The highest BCUT2D eigenvalue weighted by Gasteiger charge is 2.29. The van der Waals surface area contributed by atoms with Crippen molar-refractivity contribution in [2.75, 3.05) is 5.32 Å². The molecule has 2 unspecified atom stereocenters. The van der Waals surface area contributed by atoms with Gasteiger partial charge in [0.25, 0.3) is 5.91 Å². The molecule has 2 heterocycles. The van der Waals surface area contributed by atoms with Gasteiger partial charge in [-0.3, -0.25) is 4.79 Å². The minimum atomic E-state index is -0.162. The van der Waals surface area contributed by atoms with E-state index in [1.54, 1.807) is 24.5 Å². The van der Waals surface area contributed by atoms with Gasteiger partial charge in [-0.25, -0.2) is 0 Å². The highest BCUT2D eigenvalue weighted by atomic mass is 16.5. The van der Waals surface area contributed by atoms with Gasteiger partial charge in [0.05, 0.1) is 18.0 Å². The summed E-state index contributed by atoms with van der Waals surface area (Å²) in [6.07, 6.45) is 11.5. The smallest absolute Gasteiger partial charge is 0.255 e. The molecule has 0 fully saturated rings. The molecule has 0 saturated carbocycles. The minimum Gasteiger partial charge on any atom is -0.465 e. The number of carbonyl (C=O) groups is 1. The number of hydrazone groups is 1. The number of benzene rings is 2. The lowest BCUT2D eigenvalue weighted by Gasteiger charge is -2.19. The summed E-state index contributed by atoms with van der Waals surface area (Å²) < 4.78 is 11.4. The van der Waals surface area contributed by atoms with Crippen molar-refractivity contribution < 1.29 is 13.9 Å². The zero-order valence-electron chi connectivity index (χ0n) is 17.1. The average Bonchev–Trinajstić information content (AvgIpc) is 3.48. The van der Waals surface area contributed by atoms with Gasteiger partial charge in [0.1, 0.15) is 17.3 Å². The first-order valence-corrected chi connectivity index (χ1v) is 10.3. The normalized spacial score (nSPS) is 19.1. The van der Waals surface area contributed by atoms with E-state index in [1.165, 1.54) is 0 Å². The van der Waals surface area contributed by atoms with Crippen LogP contribution in [-0.4, -0.2) is 17.7 Å². The number of nitrogens with zero attached hydrogens (tertiary/aromatic N) is 1. The summed E-state index contributed by atoms with van der Waals surface area (Å²) in [5, 5.41) is 7.34. The van der Waals surface area contributed by atoms with Crippen LogP contribution >= 0.6 is 0 Å². The molecule has 2 N–H and O–H groups in total. The standard InChI is InChI=1S/C26H21N3O3/c30-26(18-6-2-1-3-7-18)27-19-8-4-9-21(16-19)32-22-11-13-23-24(28-29-25(23)17-22)14-12-20-10-5-15-31-20/h1-17,23,25,29H,(H,27,30)/b14-12+. The van der Waals surface area contributed by atoms with E-state index in [1.807, 2.05) is 72.8 Å². The Kier molecular flexibility index (Phi) is 5.41. The number of furan rings is 1. The molecule has 0 spiro atoms. The molecule has 0 bridgehead atoms.